The zero-order chi connectivity index (χ0) is 15.8. The summed E-state index contributed by atoms with van der Waals surface area (Å²) in [6.45, 7) is 7.96. The first-order valence-electron chi connectivity index (χ1n) is 7.28. The molecule has 0 radical (unpaired) electrons. The lowest BCUT2D eigenvalue weighted by Gasteiger charge is -2.32. The molecular formula is C16H24BNO3. The molecule has 0 bridgehead atoms. The summed E-state index contributed by atoms with van der Waals surface area (Å²) in [4.78, 5) is 14.3. The van der Waals surface area contributed by atoms with Crippen LogP contribution in [0.5, 0.6) is 0 Å². The monoisotopic (exact) mass is 289 g/mol. The van der Waals surface area contributed by atoms with E-state index in [2.05, 4.69) is 0 Å². The maximum Gasteiger partial charge on any atom is 0.465 e. The number of hydrogen-bond acceptors (Lipinski definition) is 4. The quantitative estimate of drug-likeness (QED) is 0.631. The number of anilines is 1. The summed E-state index contributed by atoms with van der Waals surface area (Å²) < 4.78 is 11.7. The van der Waals surface area contributed by atoms with E-state index in [4.69, 9.17) is 9.31 Å². The minimum Gasteiger partial charge on any atom is -0.403 e. The third kappa shape index (κ3) is 3.30. The molecule has 1 aliphatic heterocycles. The molecule has 4 nitrogen and oxygen atoms in total. The lowest BCUT2D eigenvalue weighted by atomic mass is 9.80. The Morgan fingerprint density at radius 1 is 1.05 bits per heavy atom. The van der Waals surface area contributed by atoms with Gasteiger partial charge in [0.1, 0.15) is 0 Å². The average molecular weight is 289 g/mol. The molecule has 1 saturated heterocycles. The van der Waals surface area contributed by atoms with E-state index in [9.17, 15) is 4.79 Å². The SMILES string of the molecule is CN(C)c1ccc(C(=O)CB2OC(C)(C)C(C)(C)O2)cc1. The lowest BCUT2D eigenvalue weighted by molar-refractivity contribution is 0.00578. The van der Waals surface area contributed by atoms with E-state index in [0.29, 0.717) is 5.56 Å². The molecule has 0 N–H and O–H groups in total. The van der Waals surface area contributed by atoms with Crippen molar-refractivity contribution in [1.29, 1.82) is 0 Å². The molecule has 5 heteroatoms. The van der Waals surface area contributed by atoms with Crippen LogP contribution in [-0.2, 0) is 9.31 Å². The summed E-state index contributed by atoms with van der Waals surface area (Å²) >= 11 is 0. The second kappa shape index (κ2) is 5.46. The van der Waals surface area contributed by atoms with Gasteiger partial charge in [0, 0.05) is 31.7 Å². The number of Topliss-reactive ketones (excluding diaryl/α,β-unsaturated/α-hetero) is 1. The molecule has 1 aromatic carbocycles. The Bertz CT molecular complexity index is 507. The topological polar surface area (TPSA) is 38.8 Å². The van der Waals surface area contributed by atoms with E-state index in [0.717, 1.165) is 5.69 Å². The van der Waals surface area contributed by atoms with Gasteiger partial charge < -0.3 is 14.2 Å². The average Bonchev–Trinajstić information content (AvgIpc) is 2.57. The van der Waals surface area contributed by atoms with Crippen LogP contribution < -0.4 is 4.90 Å². The van der Waals surface area contributed by atoms with Crippen LogP contribution in [-0.4, -0.2) is 38.2 Å². The molecule has 1 fully saturated rings. The van der Waals surface area contributed by atoms with Crippen molar-refractivity contribution in [3.8, 4) is 0 Å². The standard InChI is InChI=1S/C16H24BNO3/c1-15(2)16(3,4)21-17(20-15)11-14(19)12-7-9-13(10-8-12)18(5)6/h7-10H,11H2,1-6H3. The third-order valence-electron chi connectivity index (χ3n) is 4.36. The molecule has 0 saturated carbocycles. The second-order valence-corrected chi connectivity index (χ2v) is 6.75. The van der Waals surface area contributed by atoms with Gasteiger partial charge in [-0.2, -0.15) is 0 Å². The fraction of sp³-hybridized carbons (Fsp3) is 0.562. The van der Waals surface area contributed by atoms with Crippen LogP contribution in [0.3, 0.4) is 0 Å². The first kappa shape index (κ1) is 16.1. The number of benzene rings is 1. The Morgan fingerprint density at radius 3 is 1.95 bits per heavy atom. The van der Waals surface area contributed by atoms with Gasteiger partial charge in [0.25, 0.3) is 0 Å². The largest absolute Gasteiger partial charge is 0.465 e. The lowest BCUT2D eigenvalue weighted by Crippen LogP contribution is -2.41. The van der Waals surface area contributed by atoms with Gasteiger partial charge in [0.2, 0.25) is 0 Å². The molecule has 0 amide bonds. The van der Waals surface area contributed by atoms with Crippen molar-refractivity contribution in [3.05, 3.63) is 29.8 Å². The van der Waals surface area contributed by atoms with Crippen LogP contribution in [0.25, 0.3) is 0 Å². The van der Waals surface area contributed by atoms with Gasteiger partial charge in [0.05, 0.1) is 11.2 Å². The van der Waals surface area contributed by atoms with Crippen LogP contribution in [0.4, 0.5) is 5.69 Å². The van der Waals surface area contributed by atoms with Crippen LogP contribution in [0.2, 0.25) is 6.32 Å². The van der Waals surface area contributed by atoms with E-state index in [1.165, 1.54) is 0 Å². The molecule has 0 aromatic heterocycles. The summed E-state index contributed by atoms with van der Waals surface area (Å²) in [6, 6.07) is 7.58. The predicted octanol–water partition coefficient (Wildman–Crippen LogP) is 3.03. The van der Waals surface area contributed by atoms with Gasteiger partial charge in [-0.1, -0.05) is 0 Å². The molecule has 0 atom stereocenters. The fourth-order valence-corrected chi connectivity index (χ4v) is 2.26. The van der Waals surface area contributed by atoms with Gasteiger partial charge in [-0.15, -0.1) is 0 Å². The molecule has 21 heavy (non-hydrogen) atoms. The highest BCUT2D eigenvalue weighted by Crippen LogP contribution is 2.37. The van der Waals surface area contributed by atoms with Crippen molar-refractivity contribution >= 4 is 18.6 Å². The highest BCUT2D eigenvalue weighted by atomic mass is 16.7. The number of carbonyl (C=O) groups excluding carboxylic acids is 1. The number of carbonyl (C=O) groups is 1. The molecular weight excluding hydrogens is 265 g/mol. The molecule has 2 rings (SSSR count). The Morgan fingerprint density at radius 2 is 1.52 bits per heavy atom. The van der Waals surface area contributed by atoms with Gasteiger partial charge in [0.15, 0.2) is 5.78 Å². The molecule has 0 spiro atoms. The molecule has 114 valence electrons. The van der Waals surface area contributed by atoms with E-state index in [-0.39, 0.29) is 12.1 Å². The van der Waals surface area contributed by atoms with Crippen molar-refractivity contribution in [1.82, 2.24) is 0 Å². The molecule has 1 aromatic rings. The summed E-state index contributed by atoms with van der Waals surface area (Å²) in [6.07, 6.45) is 0.244. The van der Waals surface area contributed by atoms with E-state index in [1.807, 2.05) is 71.0 Å². The first-order chi connectivity index (χ1) is 9.62. The highest BCUT2D eigenvalue weighted by Gasteiger charge is 2.51. The second-order valence-electron chi connectivity index (χ2n) is 6.75. The zero-order valence-electron chi connectivity index (χ0n) is 13.8. The van der Waals surface area contributed by atoms with Crippen molar-refractivity contribution in [3.63, 3.8) is 0 Å². The maximum atomic E-state index is 12.3. The van der Waals surface area contributed by atoms with E-state index < -0.39 is 18.3 Å². The van der Waals surface area contributed by atoms with Gasteiger partial charge in [-0.3, -0.25) is 4.79 Å². The van der Waals surface area contributed by atoms with Crippen LogP contribution in [0.15, 0.2) is 24.3 Å². The maximum absolute atomic E-state index is 12.3. The highest BCUT2D eigenvalue weighted by molar-refractivity contribution is 6.51. The third-order valence-corrected chi connectivity index (χ3v) is 4.36. The Kier molecular flexibility index (Phi) is 4.18. The number of ketones is 1. The number of hydrogen-bond donors (Lipinski definition) is 0. The van der Waals surface area contributed by atoms with E-state index in [1.54, 1.807) is 0 Å². The molecule has 0 unspecified atom stereocenters. The predicted molar refractivity (Wildman–Crippen MR) is 86.0 cm³/mol. The Labute approximate surface area is 127 Å². The summed E-state index contributed by atoms with van der Waals surface area (Å²) in [5.74, 6) is 0.0406. The van der Waals surface area contributed by atoms with Gasteiger partial charge in [-0.25, -0.2) is 0 Å². The van der Waals surface area contributed by atoms with Crippen LogP contribution >= 0.6 is 0 Å². The van der Waals surface area contributed by atoms with Crippen molar-refractivity contribution in [2.24, 2.45) is 0 Å². The fourth-order valence-electron chi connectivity index (χ4n) is 2.26. The minimum atomic E-state index is -0.476. The van der Waals surface area contributed by atoms with Crippen LogP contribution in [0, 0.1) is 0 Å². The Hall–Kier alpha value is -1.33. The van der Waals surface area contributed by atoms with E-state index >= 15 is 0 Å². The Balaban J connectivity index is 2.03. The van der Waals surface area contributed by atoms with Crippen molar-refractivity contribution in [2.45, 2.75) is 45.2 Å². The molecule has 1 aliphatic rings. The van der Waals surface area contributed by atoms with Crippen LogP contribution in [0.1, 0.15) is 38.1 Å². The summed E-state index contributed by atoms with van der Waals surface area (Å²) in [5.41, 5.74) is 0.969. The van der Waals surface area contributed by atoms with Gasteiger partial charge in [-0.05, 0) is 52.0 Å². The number of rotatable bonds is 4. The smallest absolute Gasteiger partial charge is 0.403 e. The van der Waals surface area contributed by atoms with Gasteiger partial charge >= 0.3 is 7.12 Å². The number of nitrogens with zero attached hydrogens (tertiary/aromatic N) is 1. The first-order valence-corrected chi connectivity index (χ1v) is 7.28. The normalized spacial score (nSPS) is 19.6. The summed E-state index contributed by atoms with van der Waals surface area (Å²) in [7, 11) is 3.47. The minimum absolute atomic E-state index is 0.0406. The summed E-state index contributed by atoms with van der Waals surface area (Å²) in [5, 5.41) is 0. The molecule has 0 aliphatic carbocycles. The van der Waals surface area contributed by atoms with Crippen molar-refractivity contribution < 1.29 is 14.1 Å². The zero-order valence-corrected chi connectivity index (χ0v) is 13.8. The molecule has 1 heterocycles. The van der Waals surface area contributed by atoms with Crippen molar-refractivity contribution in [2.75, 3.05) is 19.0 Å².